The van der Waals surface area contributed by atoms with Crippen LogP contribution >= 0.6 is 11.3 Å². The van der Waals surface area contributed by atoms with Crippen LogP contribution in [0.1, 0.15) is 31.2 Å². The average molecular weight is 415 g/mol. The number of hydrogen-bond donors (Lipinski definition) is 1. The summed E-state index contributed by atoms with van der Waals surface area (Å²) in [5.74, 6) is -0.255. The number of nitro groups is 1. The molecular formula is C20H21N3O5S. The van der Waals surface area contributed by atoms with Crippen molar-refractivity contribution in [3.8, 4) is 0 Å². The van der Waals surface area contributed by atoms with Crippen molar-refractivity contribution in [1.29, 1.82) is 0 Å². The molecule has 1 aromatic carbocycles. The van der Waals surface area contributed by atoms with E-state index in [0.29, 0.717) is 22.6 Å². The van der Waals surface area contributed by atoms with Crippen molar-refractivity contribution in [3.63, 3.8) is 0 Å². The molecule has 0 saturated heterocycles. The molecule has 0 atom stereocenters. The van der Waals surface area contributed by atoms with Crippen molar-refractivity contribution >= 4 is 40.1 Å². The lowest BCUT2D eigenvalue weighted by atomic mass is 9.98. The van der Waals surface area contributed by atoms with Gasteiger partial charge in [0.2, 0.25) is 5.91 Å². The lowest BCUT2D eigenvalue weighted by Crippen LogP contribution is -2.57. The summed E-state index contributed by atoms with van der Waals surface area (Å²) in [7, 11) is 0. The average Bonchev–Trinajstić information content (AvgIpc) is 3.17. The molecule has 0 radical (unpaired) electrons. The third-order valence-corrected chi connectivity index (χ3v) is 5.79. The van der Waals surface area contributed by atoms with Crippen LogP contribution in [0.3, 0.4) is 0 Å². The number of nitro benzene ring substituents is 1. The molecule has 1 N–H and O–H groups in total. The first kappa shape index (κ1) is 20.5. The largest absolute Gasteiger partial charge is 0.477 e. The number of carbonyl (C=O) groups is 2. The summed E-state index contributed by atoms with van der Waals surface area (Å²) in [6, 6.07) is 7.91. The van der Waals surface area contributed by atoms with E-state index in [1.165, 1.54) is 28.4 Å². The number of rotatable bonds is 5. The van der Waals surface area contributed by atoms with Crippen molar-refractivity contribution in [1.82, 2.24) is 4.90 Å². The number of anilines is 1. The van der Waals surface area contributed by atoms with Crippen LogP contribution in [0, 0.1) is 17.0 Å². The molecule has 0 fully saturated rings. The van der Waals surface area contributed by atoms with E-state index in [1.54, 1.807) is 33.8 Å². The molecule has 0 aliphatic carbocycles. The van der Waals surface area contributed by atoms with Gasteiger partial charge in [0.1, 0.15) is 11.3 Å². The number of aryl methyl sites for hydroxylation is 1. The second kappa shape index (κ2) is 7.67. The normalized spacial score (nSPS) is 14.6. The first-order valence-electron chi connectivity index (χ1n) is 8.89. The Kier molecular flexibility index (Phi) is 5.43. The minimum atomic E-state index is -1.25. The number of nitrogens with zero attached hydrogens (tertiary/aromatic N) is 2. The number of thiophene rings is 1. The molecule has 1 aliphatic rings. The first-order chi connectivity index (χ1) is 13.6. The molecule has 1 aliphatic heterocycles. The van der Waals surface area contributed by atoms with E-state index < -0.39 is 16.4 Å². The summed E-state index contributed by atoms with van der Waals surface area (Å²) in [5, 5.41) is 15.6. The van der Waals surface area contributed by atoms with E-state index in [1.807, 2.05) is 17.5 Å². The van der Waals surface area contributed by atoms with Crippen LogP contribution in [0.2, 0.25) is 0 Å². The third-order valence-electron chi connectivity index (χ3n) is 4.90. The molecule has 152 valence electrons. The van der Waals surface area contributed by atoms with Crippen molar-refractivity contribution in [3.05, 3.63) is 62.0 Å². The van der Waals surface area contributed by atoms with Crippen molar-refractivity contribution in [2.45, 2.75) is 33.2 Å². The predicted octanol–water partition coefficient (Wildman–Crippen LogP) is 3.93. The predicted molar refractivity (Wildman–Crippen MR) is 110 cm³/mol. The Bertz CT molecular complexity index is 1010. The summed E-state index contributed by atoms with van der Waals surface area (Å²) in [5.41, 5.74) is 0.0549. The zero-order chi connectivity index (χ0) is 21.3. The van der Waals surface area contributed by atoms with Gasteiger partial charge in [-0.15, -0.1) is 11.3 Å². The molecule has 0 unspecified atom stereocenters. The molecule has 2 heterocycles. The molecule has 0 spiro atoms. The van der Waals surface area contributed by atoms with Crippen LogP contribution in [0.15, 0.2) is 41.5 Å². The highest BCUT2D eigenvalue weighted by atomic mass is 32.1. The minimum Gasteiger partial charge on any atom is -0.477 e. The number of carbonyl (C=O) groups excluding carboxylic acids is 2. The molecular weight excluding hydrogens is 394 g/mol. The van der Waals surface area contributed by atoms with E-state index in [4.69, 9.17) is 4.74 Å². The minimum absolute atomic E-state index is 0.0616. The topological polar surface area (TPSA) is 102 Å². The van der Waals surface area contributed by atoms with Gasteiger partial charge in [0, 0.05) is 17.0 Å². The third kappa shape index (κ3) is 3.86. The Morgan fingerprint density at radius 1 is 1.31 bits per heavy atom. The van der Waals surface area contributed by atoms with E-state index in [-0.39, 0.29) is 18.3 Å². The van der Waals surface area contributed by atoms with Gasteiger partial charge in [0.25, 0.3) is 11.6 Å². The van der Waals surface area contributed by atoms with E-state index in [9.17, 15) is 19.7 Å². The Balaban J connectivity index is 1.87. The van der Waals surface area contributed by atoms with Gasteiger partial charge in [-0.25, -0.2) is 0 Å². The van der Waals surface area contributed by atoms with E-state index in [0.717, 1.165) is 4.88 Å². The first-order valence-corrected chi connectivity index (χ1v) is 9.77. The Morgan fingerprint density at radius 3 is 2.66 bits per heavy atom. The van der Waals surface area contributed by atoms with Crippen molar-refractivity contribution < 1.29 is 19.2 Å². The molecule has 3 rings (SSSR count). The monoisotopic (exact) mass is 415 g/mol. The Morgan fingerprint density at radius 2 is 2.03 bits per heavy atom. The summed E-state index contributed by atoms with van der Waals surface area (Å²) in [6.07, 6.45) is 0. The quantitative estimate of drug-likeness (QED) is 0.589. The van der Waals surface area contributed by atoms with Crippen LogP contribution in [-0.2, 0) is 14.3 Å². The summed E-state index contributed by atoms with van der Waals surface area (Å²) in [4.78, 5) is 38.9. The Labute approximate surface area is 171 Å². The highest BCUT2D eigenvalue weighted by Crippen LogP contribution is 2.33. The summed E-state index contributed by atoms with van der Waals surface area (Å²) >= 11 is 1.42. The Hall–Kier alpha value is -3.20. The fraction of sp³-hybridized carbons (Fsp3) is 0.300. The number of benzene rings is 1. The number of amides is 2. The molecule has 0 saturated carbocycles. The number of non-ortho nitro benzene ring substituents is 1. The molecule has 9 heteroatoms. The molecule has 8 nitrogen and oxygen atoms in total. The lowest BCUT2D eigenvalue weighted by molar-refractivity contribution is -0.384. The summed E-state index contributed by atoms with van der Waals surface area (Å²) < 4.78 is 5.68. The van der Waals surface area contributed by atoms with Crippen LogP contribution < -0.4 is 5.32 Å². The van der Waals surface area contributed by atoms with Gasteiger partial charge in [0.15, 0.2) is 6.73 Å². The van der Waals surface area contributed by atoms with Crippen molar-refractivity contribution in [2.24, 2.45) is 0 Å². The van der Waals surface area contributed by atoms with Gasteiger partial charge in [-0.05, 0) is 44.7 Å². The highest BCUT2D eigenvalue weighted by molar-refractivity contribution is 7.11. The van der Waals surface area contributed by atoms with Crippen LogP contribution in [-0.4, -0.2) is 33.9 Å². The maximum atomic E-state index is 13.2. The second-order valence-corrected chi connectivity index (χ2v) is 8.13. The van der Waals surface area contributed by atoms with Crippen LogP contribution in [0.4, 0.5) is 11.4 Å². The van der Waals surface area contributed by atoms with Gasteiger partial charge < -0.3 is 10.1 Å². The number of allylic oxidation sites excluding steroid dienone is 1. The van der Waals surface area contributed by atoms with Gasteiger partial charge in [0.05, 0.1) is 16.2 Å². The fourth-order valence-electron chi connectivity index (χ4n) is 2.95. The van der Waals surface area contributed by atoms with E-state index >= 15 is 0 Å². The fourth-order valence-corrected chi connectivity index (χ4v) is 3.76. The van der Waals surface area contributed by atoms with Gasteiger partial charge in [-0.1, -0.05) is 12.1 Å². The van der Waals surface area contributed by atoms with Crippen LogP contribution in [0.25, 0.3) is 5.57 Å². The molecule has 29 heavy (non-hydrogen) atoms. The maximum Gasteiger partial charge on any atom is 0.271 e. The number of hydrogen-bond acceptors (Lipinski definition) is 6. The second-order valence-electron chi connectivity index (χ2n) is 7.18. The lowest BCUT2D eigenvalue weighted by Gasteiger charge is -2.40. The van der Waals surface area contributed by atoms with Gasteiger partial charge >= 0.3 is 0 Å². The summed E-state index contributed by atoms with van der Waals surface area (Å²) in [6.45, 7) is 6.63. The molecule has 2 amide bonds. The SMILES string of the molecule is CC1=C(c2cccs2)C(=O)N(C(C)(C)C(=O)Nc2cc([N+](=O)[O-])ccc2C)CO1. The number of nitrogens with one attached hydrogen (secondary N) is 1. The smallest absolute Gasteiger partial charge is 0.271 e. The van der Waals surface area contributed by atoms with Crippen LogP contribution in [0.5, 0.6) is 0 Å². The van der Waals surface area contributed by atoms with E-state index in [2.05, 4.69) is 5.32 Å². The van der Waals surface area contributed by atoms with Gasteiger partial charge in [-0.3, -0.25) is 24.6 Å². The van der Waals surface area contributed by atoms with Crippen molar-refractivity contribution in [2.75, 3.05) is 12.0 Å². The maximum absolute atomic E-state index is 13.2. The highest BCUT2D eigenvalue weighted by Gasteiger charge is 2.42. The number of ether oxygens (including phenoxy) is 1. The zero-order valence-electron chi connectivity index (χ0n) is 16.5. The zero-order valence-corrected chi connectivity index (χ0v) is 17.3. The molecule has 2 aromatic rings. The van der Waals surface area contributed by atoms with Gasteiger partial charge in [-0.2, -0.15) is 0 Å². The molecule has 1 aromatic heterocycles. The molecule has 0 bridgehead atoms. The standard InChI is InChI=1S/C20H21N3O5S/c1-12-7-8-14(23(26)27)10-15(12)21-19(25)20(3,4)22-11-28-13(2)17(18(22)24)16-6-5-9-29-16/h5-10H,11H2,1-4H3,(H,21,25).